The Morgan fingerprint density at radius 2 is 1.57 bits per heavy atom. The normalized spacial score (nSPS) is 26.1. The molecule has 30 heavy (non-hydrogen) atoms. The maximum atomic E-state index is 12.8. The molecule has 0 aromatic carbocycles. The van der Waals surface area contributed by atoms with Gasteiger partial charge < -0.3 is 6.92 Å². The zero-order valence-corrected chi connectivity index (χ0v) is 20.8. The highest BCUT2D eigenvalue weighted by molar-refractivity contribution is 9.41. The zero-order valence-electron chi connectivity index (χ0n) is 17.5. The quantitative estimate of drug-likeness (QED) is 0.163. The van der Waals surface area contributed by atoms with E-state index in [0.717, 1.165) is 64.8 Å². The lowest BCUT2D eigenvalue weighted by Gasteiger charge is -2.43. The van der Waals surface area contributed by atoms with E-state index in [1.807, 2.05) is 0 Å². The fraction of sp³-hybridized carbons (Fsp3) is 0.944. The first kappa shape index (κ1) is 25.4. The first-order valence-corrected chi connectivity index (χ1v) is 16.2. The molecule has 0 radical (unpaired) electrons. The monoisotopic (exact) mass is 535 g/mol. The van der Waals surface area contributed by atoms with Gasteiger partial charge in [-0.3, -0.25) is 4.52 Å². The number of phosphoric acid groups is 1. The molecule has 0 spiro atoms. The third-order valence-electron chi connectivity index (χ3n) is 6.33. The third-order valence-corrected chi connectivity index (χ3v) is 14.5. The molecule has 0 amide bonds. The lowest BCUT2D eigenvalue weighted by Crippen LogP contribution is -2.46. The van der Waals surface area contributed by atoms with Crippen LogP contribution in [0.3, 0.4) is 0 Å². The molecule has 0 aromatic rings. The molecule has 0 saturated carbocycles. The van der Waals surface area contributed by atoms with Gasteiger partial charge in [0.2, 0.25) is 15.5 Å². The molecule has 3 heterocycles. The molecule has 12 heteroatoms. The molecule has 2 atom stereocenters. The molecular weight excluding hydrogens is 502 g/mol. The highest BCUT2D eigenvalue weighted by atomic mass is 79.9. The van der Waals surface area contributed by atoms with Crippen LogP contribution < -0.4 is 0 Å². The van der Waals surface area contributed by atoms with E-state index in [1.165, 1.54) is 25.7 Å². The maximum Gasteiger partial charge on any atom is 0.537 e. The van der Waals surface area contributed by atoms with Crippen molar-refractivity contribution in [3.8, 4) is 0 Å². The van der Waals surface area contributed by atoms with Crippen LogP contribution in [0, 0.1) is 6.92 Å². The molecule has 3 saturated heterocycles. The van der Waals surface area contributed by atoms with Gasteiger partial charge in [-0.25, -0.2) is 4.57 Å². The van der Waals surface area contributed by atoms with E-state index in [-0.39, 0.29) is 6.04 Å². The molecule has 3 aliphatic rings. The number of hydrogen-bond donors (Lipinski definition) is 0. The highest BCUT2D eigenvalue weighted by Gasteiger charge is 2.61. The molecule has 0 aliphatic carbocycles. The molecule has 3 aliphatic heterocycles. The standard InChI is InChI=1S/C18H34BrF2N3O4P2/c1-2-3-4-11-18(26-30(25,27-20)28-21)17-10-9-16-24(17)29(19,22-12-5-6-13-22)23-14-7-8-15-23/h17-18H,1-16H2. The van der Waals surface area contributed by atoms with Crippen LogP contribution in [0.25, 0.3) is 0 Å². The van der Waals surface area contributed by atoms with Gasteiger partial charge >= 0.3 is 7.82 Å². The predicted octanol–water partition coefficient (Wildman–Crippen LogP) is 6.40. The second-order valence-corrected chi connectivity index (χ2v) is 15.1. The van der Waals surface area contributed by atoms with Crippen molar-refractivity contribution in [2.75, 3.05) is 32.7 Å². The molecule has 2 unspecified atom stereocenters. The Hall–Kier alpha value is 0.760. The lowest BCUT2D eigenvalue weighted by atomic mass is 10.0. The topological polar surface area (TPSA) is 54.5 Å². The number of unbranched alkanes of at least 4 members (excludes halogenated alkanes) is 2. The summed E-state index contributed by atoms with van der Waals surface area (Å²) < 4.78 is 57.3. The van der Waals surface area contributed by atoms with Crippen LogP contribution in [0.15, 0.2) is 0 Å². The van der Waals surface area contributed by atoms with Crippen molar-refractivity contribution in [2.24, 2.45) is 0 Å². The Balaban J connectivity index is 1.86. The van der Waals surface area contributed by atoms with E-state index in [1.54, 1.807) is 0 Å². The van der Waals surface area contributed by atoms with Crippen molar-refractivity contribution in [1.29, 1.82) is 0 Å². The summed E-state index contributed by atoms with van der Waals surface area (Å²) >= 11 is 4.21. The van der Waals surface area contributed by atoms with Gasteiger partial charge in [0.15, 0.2) is 0 Å². The zero-order chi connectivity index (χ0) is 21.6. The Morgan fingerprint density at radius 1 is 1.00 bits per heavy atom. The van der Waals surface area contributed by atoms with Crippen LogP contribution in [-0.4, -0.2) is 58.9 Å². The molecule has 3 rings (SSSR count). The summed E-state index contributed by atoms with van der Waals surface area (Å²) in [5.74, 6) is 0. The fourth-order valence-corrected chi connectivity index (χ4v) is 12.3. The highest BCUT2D eigenvalue weighted by Crippen LogP contribution is 2.77. The number of halogens is 3. The van der Waals surface area contributed by atoms with Gasteiger partial charge in [-0.05, 0) is 54.0 Å². The molecule has 0 bridgehead atoms. The maximum absolute atomic E-state index is 12.8. The summed E-state index contributed by atoms with van der Waals surface area (Å²) in [7, 11) is -4.87. The first-order valence-electron chi connectivity index (χ1n) is 11.0. The lowest BCUT2D eigenvalue weighted by molar-refractivity contribution is -0.128. The average Bonchev–Trinajstić information content (AvgIpc) is 3.54. The Labute approximate surface area is 187 Å². The Kier molecular flexibility index (Phi) is 9.95. The second-order valence-electron chi connectivity index (χ2n) is 8.27. The molecule has 3 fully saturated rings. The fourth-order valence-electron chi connectivity index (χ4n) is 4.93. The number of rotatable bonds is 12. The van der Waals surface area contributed by atoms with Gasteiger partial charge in [0.05, 0.1) is 12.1 Å². The molecule has 176 valence electrons. The van der Waals surface area contributed by atoms with Crippen LogP contribution in [-0.2, 0) is 18.5 Å². The summed E-state index contributed by atoms with van der Waals surface area (Å²) in [5.41, 5.74) is 0. The van der Waals surface area contributed by atoms with Gasteiger partial charge in [0, 0.05) is 32.7 Å². The molecule has 0 aromatic heterocycles. The van der Waals surface area contributed by atoms with Crippen LogP contribution in [0.4, 0.5) is 9.05 Å². The van der Waals surface area contributed by atoms with Crippen LogP contribution in [0.5, 0.6) is 0 Å². The SMILES string of the molecule is [CH2-]CCCCC(OP(=O)(OF)OF)C1CCCN1[P+](Br)(N1CCCC1)N1CCCC1. The molecular formula is C18H34BrF2N3O4P2. The Bertz CT molecular complexity index is 562. The number of hydrogen-bond acceptors (Lipinski definition) is 7. The van der Waals surface area contributed by atoms with Crippen molar-refractivity contribution in [1.82, 2.24) is 14.0 Å². The van der Waals surface area contributed by atoms with Gasteiger partial charge in [-0.1, -0.05) is 22.3 Å². The molecule has 7 nitrogen and oxygen atoms in total. The summed E-state index contributed by atoms with van der Waals surface area (Å²) in [5, 5.41) is 0. The van der Waals surface area contributed by atoms with Crippen LogP contribution in [0.1, 0.15) is 64.2 Å². The average molecular weight is 536 g/mol. The largest absolute Gasteiger partial charge is 0.537 e. The van der Waals surface area contributed by atoms with Crippen molar-refractivity contribution >= 4 is 29.7 Å². The van der Waals surface area contributed by atoms with Crippen molar-refractivity contribution < 1.29 is 27.6 Å². The summed E-state index contributed by atoms with van der Waals surface area (Å²) in [6.45, 7) is 8.85. The van der Waals surface area contributed by atoms with Crippen molar-refractivity contribution in [2.45, 2.75) is 76.4 Å². The second kappa shape index (κ2) is 11.8. The van der Waals surface area contributed by atoms with Gasteiger partial charge in [-0.15, -0.1) is 14.0 Å². The van der Waals surface area contributed by atoms with Crippen LogP contribution >= 0.6 is 29.7 Å². The van der Waals surface area contributed by atoms with E-state index < -0.39 is 20.3 Å². The minimum atomic E-state index is -4.87. The number of nitrogens with zero attached hydrogens (tertiary/aromatic N) is 3. The first-order chi connectivity index (χ1) is 14.5. The van der Waals surface area contributed by atoms with E-state index >= 15 is 0 Å². The summed E-state index contributed by atoms with van der Waals surface area (Å²) in [6.07, 6.45) is 6.70. The van der Waals surface area contributed by atoms with Crippen molar-refractivity contribution in [3.05, 3.63) is 6.92 Å². The minimum absolute atomic E-state index is 0.123. The van der Waals surface area contributed by atoms with Crippen molar-refractivity contribution in [3.63, 3.8) is 0 Å². The summed E-state index contributed by atoms with van der Waals surface area (Å²) in [4.78, 5) is 0. The smallest absolute Gasteiger partial charge is 0.343 e. The Morgan fingerprint density at radius 3 is 2.07 bits per heavy atom. The van der Waals surface area contributed by atoms with Gasteiger partial charge in [0.25, 0.3) is 6.42 Å². The minimum Gasteiger partial charge on any atom is -0.343 e. The van der Waals surface area contributed by atoms with Crippen LogP contribution in [0.2, 0.25) is 0 Å². The molecule has 0 N–H and O–H groups in total. The third kappa shape index (κ3) is 5.63. The van der Waals surface area contributed by atoms with Gasteiger partial charge in [0.1, 0.15) is 0 Å². The van der Waals surface area contributed by atoms with E-state index in [0.29, 0.717) is 6.42 Å². The van der Waals surface area contributed by atoms with Gasteiger partial charge in [-0.2, -0.15) is 6.42 Å². The summed E-state index contributed by atoms with van der Waals surface area (Å²) in [6, 6.07) is -0.123. The van der Waals surface area contributed by atoms with E-state index in [2.05, 4.69) is 45.9 Å². The van der Waals surface area contributed by atoms with E-state index in [4.69, 9.17) is 4.52 Å². The van der Waals surface area contributed by atoms with E-state index in [9.17, 15) is 13.6 Å². The predicted molar refractivity (Wildman–Crippen MR) is 118 cm³/mol.